The molecule has 0 aromatic carbocycles. The smallest absolute Gasteiger partial charge is 0.278 e. The normalized spacial score (nSPS) is 31.1. The number of aliphatic hydroxyl groups excluding tert-OH is 3. The number of hydrogen-bond donors (Lipinski definition) is 4. The number of fused-ring (bicyclic) bond motifs is 1. The predicted molar refractivity (Wildman–Crippen MR) is 61.2 cm³/mol. The Morgan fingerprint density at radius 3 is 2.84 bits per heavy atom. The van der Waals surface area contributed by atoms with Gasteiger partial charge in [0.1, 0.15) is 18.3 Å². The van der Waals surface area contributed by atoms with Crippen molar-refractivity contribution in [2.24, 2.45) is 0 Å². The van der Waals surface area contributed by atoms with E-state index in [4.69, 9.17) is 9.84 Å². The van der Waals surface area contributed by atoms with E-state index in [1.807, 2.05) is 0 Å². The Balaban J connectivity index is 2.06. The summed E-state index contributed by atoms with van der Waals surface area (Å²) in [5.41, 5.74) is -0.0608. The van der Waals surface area contributed by atoms with Gasteiger partial charge in [0.25, 0.3) is 5.56 Å². The monoisotopic (exact) mass is 268 g/mol. The average Bonchev–Trinajstić information content (AvgIpc) is 2.94. The van der Waals surface area contributed by atoms with Gasteiger partial charge in [0.2, 0.25) is 0 Å². The molecule has 4 atom stereocenters. The van der Waals surface area contributed by atoms with Crippen molar-refractivity contribution in [1.29, 1.82) is 0 Å². The Morgan fingerprint density at radius 2 is 2.16 bits per heavy atom. The van der Waals surface area contributed by atoms with Crippen LogP contribution in [0.5, 0.6) is 0 Å². The molecular weight excluding hydrogens is 256 g/mol. The number of H-pyrrole nitrogens is 1. The highest BCUT2D eigenvalue weighted by Crippen LogP contribution is 2.30. The van der Waals surface area contributed by atoms with Gasteiger partial charge >= 0.3 is 0 Å². The van der Waals surface area contributed by atoms with Crippen LogP contribution < -0.4 is 5.56 Å². The Bertz CT molecular complexity index is 653. The van der Waals surface area contributed by atoms with Crippen LogP contribution in [-0.4, -0.2) is 59.8 Å². The van der Waals surface area contributed by atoms with Crippen LogP contribution in [0, 0.1) is 0 Å². The first-order valence-corrected chi connectivity index (χ1v) is 5.66. The molecule has 0 saturated carbocycles. The van der Waals surface area contributed by atoms with Crippen LogP contribution in [-0.2, 0) is 4.74 Å². The van der Waals surface area contributed by atoms with E-state index in [0.717, 1.165) is 0 Å². The summed E-state index contributed by atoms with van der Waals surface area (Å²) >= 11 is 0. The standard InChI is InChI=1S/C10H12N4O5/c15-1-4-6(16)7(17)10(19-4)14-3-13-5-8(14)11-2-12-9(5)18/h2-4,6-7,10,15-17H,1H2,(H,11,12,18)/t4-,6+,7-,10-/m0/s1. The number of rotatable bonds is 2. The number of hydrogen-bond acceptors (Lipinski definition) is 7. The SMILES string of the molecule is O=c1[nH]cnc2c1ncn2[C@H]1O[C@@H](CO)[C@@H](O)[C@@H]1O. The third kappa shape index (κ3) is 1.75. The zero-order valence-corrected chi connectivity index (χ0v) is 9.67. The van der Waals surface area contributed by atoms with Crippen LogP contribution in [0.2, 0.25) is 0 Å². The first kappa shape index (κ1) is 12.2. The summed E-state index contributed by atoms with van der Waals surface area (Å²) in [6, 6.07) is 0. The lowest BCUT2D eigenvalue weighted by molar-refractivity contribution is -0.0511. The molecule has 0 unspecified atom stereocenters. The summed E-state index contributed by atoms with van der Waals surface area (Å²) in [4.78, 5) is 21.8. The third-order valence-corrected chi connectivity index (χ3v) is 3.16. The molecule has 0 radical (unpaired) electrons. The molecule has 102 valence electrons. The Hall–Kier alpha value is -1.81. The van der Waals surface area contributed by atoms with Crippen molar-refractivity contribution >= 4 is 11.2 Å². The van der Waals surface area contributed by atoms with Crippen LogP contribution in [0.15, 0.2) is 17.4 Å². The zero-order chi connectivity index (χ0) is 13.6. The average molecular weight is 268 g/mol. The fourth-order valence-corrected chi connectivity index (χ4v) is 2.16. The molecule has 0 bridgehead atoms. The summed E-state index contributed by atoms with van der Waals surface area (Å²) in [6.07, 6.45) is -1.78. The van der Waals surface area contributed by atoms with Gasteiger partial charge in [-0.25, -0.2) is 9.97 Å². The predicted octanol–water partition coefficient (Wildman–Crippen LogP) is -2.27. The number of aliphatic hydroxyl groups is 3. The van der Waals surface area contributed by atoms with Crippen molar-refractivity contribution in [3.05, 3.63) is 23.0 Å². The number of imidazole rings is 1. The maximum absolute atomic E-state index is 11.5. The second-order valence-corrected chi connectivity index (χ2v) is 4.28. The number of nitrogens with zero attached hydrogens (tertiary/aromatic N) is 3. The largest absolute Gasteiger partial charge is 0.394 e. The minimum absolute atomic E-state index is 0.111. The number of ether oxygens (including phenoxy) is 1. The van der Waals surface area contributed by atoms with Gasteiger partial charge in [0.05, 0.1) is 19.3 Å². The van der Waals surface area contributed by atoms with Crippen molar-refractivity contribution in [3.63, 3.8) is 0 Å². The van der Waals surface area contributed by atoms with Gasteiger partial charge < -0.3 is 25.0 Å². The van der Waals surface area contributed by atoms with Crippen LogP contribution >= 0.6 is 0 Å². The maximum atomic E-state index is 11.5. The summed E-state index contributed by atoms with van der Waals surface area (Å²) in [5, 5.41) is 28.6. The Morgan fingerprint density at radius 1 is 1.37 bits per heavy atom. The van der Waals surface area contributed by atoms with Crippen LogP contribution in [0.4, 0.5) is 0 Å². The van der Waals surface area contributed by atoms with Crippen LogP contribution in [0.3, 0.4) is 0 Å². The van der Waals surface area contributed by atoms with Crippen LogP contribution in [0.25, 0.3) is 11.2 Å². The molecule has 4 N–H and O–H groups in total. The lowest BCUT2D eigenvalue weighted by Crippen LogP contribution is -2.33. The first-order chi connectivity index (χ1) is 9.13. The highest BCUT2D eigenvalue weighted by molar-refractivity contribution is 5.68. The number of nitrogens with one attached hydrogen (secondary N) is 1. The first-order valence-electron chi connectivity index (χ1n) is 5.66. The van der Waals surface area contributed by atoms with E-state index in [2.05, 4.69) is 15.0 Å². The van der Waals surface area contributed by atoms with E-state index in [1.165, 1.54) is 17.2 Å². The van der Waals surface area contributed by atoms with E-state index in [1.54, 1.807) is 0 Å². The molecule has 3 heterocycles. The summed E-state index contributed by atoms with van der Waals surface area (Å²) in [6.45, 7) is -0.421. The lowest BCUT2D eigenvalue weighted by Gasteiger charge is -2.16. The van der Waals surface area contributed by atoms with E-state index >= 15 is 0 Å². The highest BCUT2D eigenvalue weighted by atomic mass is 16.6. The molecule has 9 heteroatoms. The lowest BCUT2D eigenvalue weighted by atomic mass is 10.1. The van der Waals surface area contributed by atoms with Crippen molar-refractivity contribution in [1.82, 2.24) is 19.5 Å². The Kier molecular flexibility index (Phi) is 2.82. The minimum Gasteiger partial charge on any atom is -0.394 e. The van der Waals surface area contributed by atoms with Gasteiger partial charge in [-0.05, 0) is 0 Å². The zero-order valence-electron chi connectivity index (χ0n) is 9.67. The van der Waals surface area contributed by atoms with Crippen molar-refractivity contribution in [2.45, 2.75) is 24.5 Å². The molecule has 1 aliphatic heterocycles. The topological polar surface area (TPSA) is 133 Å². The molecular formula is C10H12N4O5. The number of aromatic amines is 1. The second kappa shape index (κ2) is 4.38. The van der Waals surface area contributed by atoms with Gasteiger partial charge in [-0.1, -0.05) is 0 Å². The molecule has 9 nitrogen and oxygen atoms in total. The molecule has 1 saturated heterocycles. The van der Waals surface area contributed by atoms with Gasteiger partial charge in [0.15, 0.2) is 17.4 Å². The molecule has 1 fully saturated rings. The minimum atomic E-state index is -1.24. The molecule has 3 rings (SSSR count). The van der Waals surface area contributed by atoms with E-state index in [-0.39, 0.29) is 11.2 Å². The van der Waals surface area contributed by atoms with Gasteiger partial charge in [-0.2, -0.15) is 0 Å². The maximum Gasteiger partial charge on any atom is 0.278 e. The molecule has 2 aromatic rings. The Labute approximate surface area is 106 Å². The molecule has 2 aromatic heterocycles. The van der Waals surface area contributed by atoms with Crippen molar-refractivity contribution < 1.29 is 20.1 Å². The quantitative estimate of drug-likeness (QED) is 0.482. The third-order valence-electron chi connectivity index (χ3n) is 3.16. The molecule has 0 spiro atoms. The summed E-state index contributed by atoms with van der Waals surface area (Å²) in [7, 11) is 0. The fourth-order valence-electron chi connectivity index (χ4n) is 2.16. The highest BCUT2D eigenvalue weighted by Gasteiger charge is 2.43. The molecule has 0 aliphatic carbocycles. The van der Waals surface area contributed by atoms with Gasteiger partial charge in [-0.3, -0.25) is 9.36 Å². The van der Waals surface area contributed by atoms with Crippen molar-refractivity contribution in [2.75, 3.05) is 6.61 Å². The van der Waals surface area contributed by atoms with Crippen molar-refractivity contribution in [3.8, 4) is 0 Å². The van der Waals surface area contributed by atoms with E-state index in [9.17, 15) is 15.0 Å². The van der Waals surface area contributed by atoms with Gasteiger partial charge in [-0.15, -0.1) is 0 Å². The van der Waals surface area contributed by atoms with E-state index < -0.39 is 36.7 Å². The molecule has 1 aliphatic rings. The summed E-state index contributed by atoms with van der Waals surface area (Å²) in [5.74, 6) is 0. The molecule has 0 amide bonds. The van der Waals surface area contributed by atoms with Gasteiger partial charge in [0, 0.05) is 0 Å². The number of aromatic nitrogens is 4. The fraction of sp³-hybridized carbons (Fsp3) is 0.500. The van der Waals surface area contributed by atoms with E-state index in [0.29, 0.717) is 0 Å². The van der Waals surface area contributed by atoms with Crippen LogP contribution in [0.1, 0.15) is 6.23 Å². The summed E-state index contributed by atoms with van der Waals surface area (Å²) < 4.78 is 6.70. The second-order valence-electron chi connectivity index (χ2n) is 4.28. The molecule has 19 heavy (non-hydrogen) atoms.